The summed E-state index contributed by atoms with van der Waals surface area (Å²) in [5, 5.41) is 4.19. The first-order valence-electron chi connectivity index (χ1n) is 8.68. The maximum Gasteiger partial charge on any atom is 0.135 e. The van der Waals surface area contributed by atoms with Crippen molar-refractivity contribution in [1.82, 2.24) is 14.9 Å². The molecule has 1 aliphatic rings. The lowest BCUT2D eigenvalue weighted by atomic mass is 9.95. The summed E-state index contributed by atoms with van der Waals surface area (Å²) in [5.74, 6) is 2.90. The molecule has 0 aromatic carbocycles. The molecule has 0 amide bonds. The third-order valence-corrected chi connectivity index (χ3v) is 5.21. The molecular formula is C20H23N3OS. The third kappa shape index (κ3) is 3.53. The van der Waals surface area contributed by atoms with Crippen LogP contribution in [0.3, 0.4) is 0 Å². The SMILES string of the molecule is CC(C)(C)c1ncc2c(n1)CCN(Cc1ccc(-c3ccsc3)o1)C2. The average Bonchev–Trinajstić information content (AvgIpc) is 3.24. The van der Waals surface area contributed by atoms with Crippen LogP contribution >= 0.6 is 11.3 Å². The number of nitrogens with zero attached hydrogens (tertiary/aromatic N) is 3. The van der Waals surface area contributed by atoms with Crippen LogP contribution in [0.4, 0.5) is 0 Å². The Morgan fingerprint density at radius 3 is 2.88 bits per heavy atom. The minimum absolute atomic E-state index is 0.00160. The Bertz CT molecular complexity index is 861. The van der Waals surface area contributed by atoms with Gasteiger partial charge < -0.3 is 4.42 Å². The zero-order valence-electron chi connectivity index (χ0n) is 15.0. The lowest BCUT2D eigenvalue weighted by molar-refractivity contribution is 0.223. The molecule has 0 atom stereocenters. The number of aromatic nitrogens is 2. The Balaban J connectivity index is 1.46. The Hall–Kier alpha value is -1.98. The number of hydrogen-bond donors (Lipinski definition) is 0. The van der Waals surface area contributed by atoms with E-state index in [0.717, 1.165) is 49.0 Å². The first kappa shape index (κ1) is 16.5. The summed E-state index contributed by atoms with van der Waals surface area (Å²) in [6, 6.07) is 6.24. The average molecular weight is 353 g/mol. The van der Waals surface area contributed by atoms with Gasteiger partial charge in [0.05, 0.1) is 6.54 Å². The van der Waals surface area contributed by atoms with Crippen molar-refractivity contribution >= 4 is 11.3 Å². The highest BCUT2D eigenvalue weighted by molar-refractivity contribution is 7.08. The molecular weight excluding hydrogens is 330 g/mol. The third-order valence-electron chi connectivity index (χ3n) is 4.53. The predicted octanol–water partition coefficient (Wildman–Crippen LogP) is 4.65. The molecule has 130 valence electrons. The first-order chi connectivity index (χ1) is 12.0. The van der Waals surface area contributed by atoms with Crippen LogP contribution in [-0.4, -0.2) is 21.4 Å². The molecule has 1 aliphatic heterocycles. The highest BCUT2D eigenvalue weighted by atomic mass is 32.1. The molecule has 0 spiro atoms. The summed E-state index contributed by atoms with van der Waals surface area (Å²) in [6.07, 6.45) is 2.98. The van der Waals surface area contributed by atoms with Crippen LogP contribution in [0.5, 0.6) is 0 Å². The minimum atomic E-state index is -0.00160. The number of fused-ring (bicyclic) bond motifs is 1. The van der Waals surface area contributed by atoms with Crippen LogP contribution in [-0.2, 0) is 24.9 Å². The van der Waals surface area contributed by atoms with Crippen LogP contribution in [0.15, 0.2) is 39.6 Å². The van der Waals surface area contributed by atoms with E-state index in [9.17, 15) is 0 Å². The van der Waals surface area contributed by atoms with Gasteiger partial charge in [-0.15, -0.1) is 0 Å². The summed E-state index contributed by atoms with van der Waals surface area (Å²) < 4.78 is 6.02. The first-order valence-corrected chi connectivity index (χ1v) is 9.62. The maximum atomic E-state index is 6.02. The summed E-state index contributed by atoms with van der Waals surface area (Å²) >= 11 is 1.69. The molecule has 25 heavy (non-hydrogen) atoms. The molecule has 0 saturated carbocycles. The topological polar surface area (TPSA) is 42.2 Å². The number of rotatable bonds is 3. The highest BCUT2D eigenvalue weighted by Crippen LogP contribution is 2.27. The van der Waals surface area contributed by atoms with Crippen LogP contribution in [0.1, 0.15) is 43.6 Å². The summed E-state index contributed by atoms with van der Waals surface area (Å²) in [6.45, 7) is 9.18. The molecule has 3 aromatic heterocycles. The van der Waals surface area contributed by atoms with E-state index in [1.54, 1.807) is 11.3 Å². The van der Waals surface area contributed by atoms with Crippen molar-refractivity contribution < 1.29 is 4.42 Å². The molecule has 0 bridgehead atoms. The smallest absolute Gasteiger partial charge is 0.135 e. The van der Waals surface area contributed by atoms with Crippen molar-refractivity contribution in [3.63, 3.8) is 0 Å². The second-order valence-corrected chi connectivity index (χ2v) is 8.43. The van der Waals surface area contributed by atoms with Crippen LogP contribution in [0, 0.1) is 0 Å². The molecule has 5 heteroatoms. The van der Waals surface area contributed by atoms with E-state index in [2.05, 4.69) is 59.6 Å². The number of furan rings is 1. The van der Waals surface area contributed by atoms with Crippen molar-refractivity contribution in [2.75, 3.05) is 6.54 Å². The van der Waals surface area contributed by atoms with Crippen molar-refractivity contribution in [3.8, 4) is 11.3 Å². The number of hydrogen-bond acceptors (Lipinski definition) is 5. The highest BCUT2D eigenvalue weighted by Gasteiger charge is 2.23. The molecule has 0 unspecified atom stereocenters. The Labute approximate surface area is 152 Å². The molecule has 3 aromatic rings. The zero-order chi connectivity index (χ0) is 17.4. The minimum Gasteiger partial charge on any atom is -0.460 e. The quantitative estimate of drug-likeness (QED) is 0.687. The van der Waals surface area contributed by atoms with Gasteiger partial charge in [-0.05, 0) is 23.6 Å². The van der Waals surface area contributed by atoms with E-state index >= 15 is 0 Å². The van der Waals surface area contributed by atoms with Gasteiger partial charge in [0.2, 0.25) is 0 Å². The van der Waals surface area contributed by atoms with Gasteiger partial charge in [-0.1, -0.05) is 20.8 Å². The van der Waals surface area contributed by atoms with Gasteiger partial charge in [0.1, 0.15) is 17.3 Å². The Kier molecular flexibility index (Phi) is 4.21. The Morgan fingerprint density at radius 1 is 1.24 bits per heavy atom. The van der Waals surface area contributed by atoms with Gasteiger partial charge in [0.25, 0.3) is 0 Å². The van der Waals surface area contributed by atoms with Crippen molar-refractivity contribution in [1.29, 1.82) is 0 Å². The summed E-state index contributed by atoms with van der Waals surface area (Å²) in [4.78, 5) is 11.8. The van der Waals surface area contributed by atoms with Gasteiger partial charge in [0.15, 0.2) is 0 Å². The Morgan fingerprint density at radius 2 is 2.12 bits per heavy atom. The van der Waals surface area contributed by atoms with Gasteiger partial charge in [-0.3, -0.25) is 4.90 Å². The van der Waals surface area contributed by atoms with Gasteiger partial charge >= 0.3 is 0 Å². The second kappa shape index (κ2) is 6.39. The number of thiophene rings is 1. The van der Waals surface area contributed by atoms with E-state index in [1.165, 1.54) is 11.3 Å². The van der Waals surface area contributed by atoms with E-state index in [0.29, 0.717) is 0 Å². The normalized spacial score (nSPS) is 15.3. The fraction of sp³-hybridized carbons (Fsp3) is 0.400. The van der Waals surface area contributed by atoms with E-state index in [1.807, 2.05) is 6.20 Å². The predicted molar refractivity (Wildman–Crippen MR) is 101 cm³/mol. The van der Waals surface area contributed by atoms with Gasteiger partial charge in [0, 0.05) is 53.3 Å². The van der Waals surface area contributed by atoms with Crippen LogP contribution in [0.2, 0.25) is 0 Å². The van der Waals surface area contributed by atoms with E-state index < -0.39 is 0 Å². The lowest BCUT2D eigenvalue weighted by Crippen LogP contribution is -2.31. The maximum absolute atomic E-state index is 6.02. The zero-order valence-corrected chi connectivity index (χ0v) is 15.8. The van der Waals surface area contributed by atoms with Crippen LogP contribution < -0.4 is 0 Å². The van der Waals surface area contributed by atoms with Crippen molar-refractivity contribution in [3.05, 3.63) is 58.0 Å². The summed E-state index contributed by atoms with van der Waals surface area (Å²) in [5.41, 5.74) is 3.60. The van der Waals surface area contributed by atoms with Crippen LogP contribution in [0.25, 0.3) is 11.3 Å². The molecule has 0 radical (unpaired) electrons. The molecule has 0 aliphatic carbocycles. The van der Waals surface area contributed by atoms with Crippen molar-refractivity contribution in [2.45, 2.75) is 45.7 Å². The largest absolute Gasteiger partial charge is 0.460 e. The second-order valence-electron chi connectivity index (χ2n) is 7.65. The standard InChI is InChI=1S/C20H23N3OS/c1-20(2,3)19-21-10-15-11-23(8-6-17(15)22-19)12-16-4-5-18(24-16)14-7-9-25-13-14/h4-5,7,9-10,13H,6,8,11-12H2,1-3H3. The monoisotopic (exact) mass is 353 g/mol. The summed E-state index contributed by atoms with van der Waals surface area (Å²) in [7, 11) is 0. The van der Waals surface area contributed by atoms with Crippen molar-refractivity contribution in [2.24, 2.45) is 0 Å². The molecule has 0 N–H and O–H groups in total. The molecule has 0 fully saturated rings. The van der Waals surface area contributed by atoms with E-state index in [-0.39, 0.29) is 5.41 Å². The van der Waals surface area contributed by atoms with Gasteiger partial charge in [-0.25, -0.2) is 9.97 Å². The fourth-order valence-corrected chi connectivity index (χ4v) is 3.76. The molecule has 0 saturated heterocycles. The lowest BCUT2D eigenvalue weighted by Gasteiger charge is -2.28. The fourth-order valence-electron chi connectivity index (χ4n) is 3.11. The molecule has 4 heterocycles. The molecule has 4 rings (SSSR count). The molecule has 4 nitrogen and oxygen atoms in total. The van der Waals surface area contributed by atoms with E-state index in [4.69, 9.17) is 9.40 Å². The van der Waals surface area contributed by atoms with Gasteiger partial charge in [-0.2, -0.15) is 11.3 Å².